The molecule has 0 aliphatic heterocycles. The molecule has 9 heteroatoms. The molecule has 0 spiro atoms. The molecule has 0 aromatic carbocycles. The summed E-state index contributed by atoms with van der Waals surface area (Å²) in [4.78, 5) is 32.2. The second-order valence-corrected chi connectivity index (χ2v) is 5.18. The molecule has 1 rings (SSSR count). The number of anilines is 1. The average molecular weight is 394 g/mol. The first-order chi connectivity index (χ1) is 9.90. The van der Waals surface area contributed by atoms with Crippen molar-refractivity contribution in [3.8, 4) is 0 Å². The normalized spacial score (nSPS) is 10.0. The number of carbonyl (C=O) groups excluding carboxylic acids is 2. The Morgan fingerprint density at radius 1 is 1.09 bits per heavy atom. The number of esters is 2. The van der Waals surface area contributed by atoms with Gasteiger partial charge in [0.25, 0.3) is 0 Å². The highest BCUT2D eigenvalue weighted by atomic mass is 79.9. The average Bonchev–Trinajstić information content (AvgIpc) is 2.41. The number of aromatic nitrogens is 2. The van der Waals surface area contributed by atoms with Crippen LogP contribution >= 0.6 is 28.7 Å². The molecule has 0 radical (unpaired) electrons. The minimum absolute atomic E-state index is 0. The fraction of sp³-hybridized carbons (Fsp3) is 0.538. The van der Waals surface area contributed by atoms with Crippen LogP contribution in [0.4, 0.5) is 5.82 Å². The van der Waals surface area contributed by atoms with Gasteiger partial charge in [0.05, 0.1) is 24.6 Å². The lowest BCUT2D eigenvalue weighted by atomic mass is 10.3. The Hall–Kier alpha value is -1.35. The van der Waals surface area contributed by atoms with Crippen molar-refractivity contribution >= 4 is 46.5 Å². The number of nitrogen functional groups attached to an aromatic ring is 1. The Bertz CT molecular complexity index is 524. The molecule has 0 bridgehead atoms. The van der Waals surface area contributed by atoms with E-state index < -0.39 is 17.2 Å². The summed E-state index contributed by atoms with van der Waals surface area (Å²) in [5.74, 6) is -1.19. The van der Waals surface area contributed by atoms with E-state index in [0.717, 1.165) is 11.8 Å². The first kappa shape index (κ1) is 20.6. The van der Waals surface area contributed by atoms with E-state index in [2.05, 4.69) is 9.97 Å². The number of rotatable bonds is 6. The van der Waals surface area contributed by atoms with Crippen LogP contribution in [0.2, 0.25) is 0 Å². The zero-order chi connectivity index (χ0) is 16.0. The minimum atomic E-state index is -1.16. The highest BCUT2D eigenvalue weighted by molar-refractivity contribution is 8.93. The van der Waals surface area contributed by atoms with Crippen molar-refractivity contribution in [3.05, 3.63) is 11.4 Å². The summed E-state index contributed by atoms with van der Waals surface area (Å²) in [6, 6.07) is 0. The third-order valence-electron chi connectivity index (χ3n) is 2.53. The molecular weight excluding hydrogens is 374 g/mol. The minimum Gasteiger partial charge on any atom is -0.465 e. The van der Waals surface area contributed by atoms with Crippen LogP contribution in [-0.2, 0) is 19.1 Å². The number of carbonyl (C=O) groups is 2. The molecule has 22 heavy (non-hydrogen) atoms. The van der Waals surface area contributed by atoms with Crippen molar-refractivity contribution in [3.63, 3.8) is 0 Å². The second-order valence-electron chi connectivity index (χ2n) is 4.09. The fourth-order valence-corrected chi connectivity index (χ4v) is 2.33. The van der Waals surface area contributed by atoms with E-state index in [9.17, 15) is 9.59 Å². The lowest BCUT2D eigenvalue weighted by Gasteiger charge is -2.14. The monoisotopic (exact) mass is 393 g/mol. The molecule has 1 heterocycles. The van der Waals surface area contributed by atoms with Gasteiger partial charge in [0, 0.05) is 0 Å². The number of halogens is 1. The summed E-state index contributed by atoms with van der Waals surface area (Å²) >= 11 is 0.887. The number of nitrogens with two attached hydrogens (primary N) is 1. The van der Waals surface area contributed by atoms with Crippen molar-refractivity contribution in [1.29, 1.82) is 0 Å². The van der Waals surface area contributed by atoms with E-state index >= 15 is 0 Å². The lowest BCUT2D eigenvalue weighted by molar-refractivity contribution is -0.152. The van der Waals surface area contributed by atoms with Crippen LogP contribution in [0.1, 0.15) is 25.2 Å². The molecule has 0 fully saturated rings. The first-order valence-corrected chi connectivity index (χ1v) is 7.39. The quantitative estimate of drug-likeness (QED) is 0.443. The topological polar surface area (TPSA) is 104 Å². The molecule has 0 atom stereocenters. The highest BCUT2D eigenvalue weighted by Gasteiger charge is 2.32. The van der Waals surface area contributed by atoms with E-state index in [-0.39, 0.29) is 36.0 Å². The predicted molar refractivity (Wildman–Crippen MR) is 89.2 cm³/mol. The Morgan fingerprint density at radius 2 is 1.55 bits per heavy atom. The maximum atomic E-state index is 11.9. The van der Waals surface area contributed by atoms with E-state index in [1.165, 1.54) is 0 Å². The molecule has 2 N–H and O–H groups in total. The summed E-state index contributed by atoms with van der Waals surface area (Å²) in [5, 5.41) is -0.854. The van der Waals surface area contributed by atoms with Crippen LogP contribution in [0, 0.1) is 13.8 Å². The lowest BCUT2D eigenvalue weighted by Crippen LogP contribution is -2.31. The number of hydrogen-bond donors (Lipinski definition) is 1. The standard InChI is InChI=1S/C13H19N3O4S.BrH/c1-5-19-12(17)9(13(18)20-6-2)21-11-10(14)15-7(3)8(4)16-11;/h9H,5-6H2,1-4H3,(H2,14,15);1H. The Balaban J connectivity index is 0.00000441. The number of hydrogen-bond acceptors (Lipinski definition) is 8. The van der Waals surface area contributed by atoms with Gasteiger partial charge in [-0.2, -0.15) is 0 Å². The van der Waals surface area contributed by atoms with Crippen molar-refractivity contribution < 1.29 is 19.1 Å². The van der Waals surface area contributed by atoms with Gasteiger partial charge >= 0.3 is 11.9 Å². The summed E-state index contributed by atoms with van der Waals surface area (Å²) in [5.41, 5.74) is 7.16. The van der Waals surface area contributed by atoms with E-state index in [4.69, 9.17) is 15.2 Å². The van der Waals surface area contributed by atoms with Crippen LogP contribution in [0.15, 0.2) is 5.03 Å². The Labute approximate surface area is 144 Å². The largest absolute Gasteiger partial charge is 0.465 e. The van der Waals surface area contributed by atoms with Gasteiger partial charge in [-0.05, 0) is 27.7 Å². The van der Waals surface area contributed by atoms with Crippen molar-refractivity contribution in [1.82, 2.24) is 9.97 Å². The van der Waals surface area contributed by atoms with Gasteiger partial charge in [0.1, 0.15) is 5.03 Å². The highest BCUT2D eigenvalue weighted by Crippen LogP contribution is 2.28. The number of ether oxygens (including phenoxy) is 2. The SMILES string of the molecule is Br.CCOC(=O)C(Sc1nc(C)c(C)nc1N)C(=O)OCC. The molecule has 7 nitrogen and oxygen atoms in total. The van der Waals surface area contributed by atoms with Crippen LogP contribution in [0.3, 0.4) is 0 Å². The molecular formula is C13H20BrN3O4S. The van der Waals surface area contributed by atoms with Crippen molar-refractivity contribution in [2.24, 2.45) is 0 Å². The summed E-state index contributed by atoms with van der Waals surface area (Å²) in [6.45, 7) is 7.22. The van der Waals surface area contributed by atoms with Crippen molar-refractivity contribution in [2.75, 3.05) is 18.9 Å². The smallest absolute Gasteiger partial charge is 0.331 e. The van der Waals surface area contributed by atoms with Crippen LogP contribution < -0.4 is 5.73 Å². The maximum absolute atomic E-state index is 11.9. The third-order valence-corrected chi connectivity index (χ3v) is 3.68. The fourth-order valence-electron chi connectivity index (χ4n) is 1.43. The van der Waals surface area contributed by atoms with Crippen molar-refractivity contribution in [2.45, 2.75) is 38.0 Å². The molecule has 0 aliphatic carbocycles. The Morgan fingerprint density at radius 3 is 2.00 bits per heavy atom. The van der Waals surface area contributed by atoms with Crippen LogP contribution in [0.5, 0.6) is 0 Å². The van der Waals surface area contributed by atoms with Gasteiger partial charge in [-0.1, -0.05) is 11.8 Å². The number of thioether (sulfide) groups is 1. The predicted octanol–water partition coefficient (Wildman–Crippen LogP) is 1.84. The van der Waals surface area contributed by atoms with E-state index in [0.29, 0.717) is 16.4 Å². The molecule has 0 unspecified atom stereocenters. The van der Waals surface area contributed by atoms with Gasteiger partial charge < -0.3 is 15.2 Å². The molecule has 0 aliphatic rings. The van der Waals surface area contributed by atoms with E-state index in [1.54, 1.807) is 27.7 Å². The number of aryl methyl sites for hydroxylation is 2. The molecule has 1 aromatic heterocycles. The van der Waals surface area contributed by atoms with E-state index in [1.807, 2.05) is 0 Å². The summed E-state index contributed by atoms with van der Waals surface area (Å²) in [6.07, 6.45) is 0. The molecule has 124 valence electrons. The zero-order valence-electron chi connectivity index (χ0n) is 12.9. The second kappa shape index (κ2) is 9.62. The molecule has 0 saturated heterocycles. The number of nitrogens with zero attached hydrogens (tertiary/aromatic N) is 2. The van der Waals surface area contributed by atoms with Gasteiger partial charge in [-0.3, -0.25) is 9.59 Å². The van der Waals surface area contributed by atoms with Gasteiger partial charge in [-0.25, -0.2) is 9.97 Å². The molecule has 0 saturated carbocycles. The molecule has 1 aromatic rings. The maximum Gasteiger partial charge on any atom is 0.331 e. The van der Waals surface area contributed by atoms with Crippen LogP contribution in [0.25, 0.3) is 0 Å². The molecule has 0 amide bonds. The van der Waals surface area contributed by atoms with Crippen LogP contribution in [-0.4, -0.2) is 40.4 Å². The zero-order valence-corrected chi connectivity index (χ0v) is 15.4. The van der Waals surface area contributed by atoms with Gasteiger partial charge in [-0.15, -0.1) is 17.0 Å². The van der Waals surface area contributed by atoms with Gasteiger partial charge in [0.15, 0.2) is 5.82 Å². The third kappa shape index (κ3) is 5.45. The van der Waals surface area contributed by atoms with Gasteiger partial charge in [0.2, 0.25) is 5.25 Å². The summed E-state index contributed by atoms with van der Waals surface area (Å²) < 4.78 is 9.78. The summed E-state index contributed by atoms with van der Waals surface area (Å²) in [7, 11) is 0. The first-order valence-electron chi connectivity index (χ1n) is 6.51. The Kier molecular flexibility index (Phi) is 9.03.